The van der Waals surface area contributed by atoms with Crippen LogP contribution in [0, 0.1) is 6.92 Å². The lowest BCUT2D eigenvalue weighted by molar-refractivity contribution is 0.424. The zero-order valence-electron chi connectivity index (χ0n) is 5.14. The molecule has 1 heterocycles. The average Bonchev–Trinajstić information content (AvgIpc) is 2.13. The van der Waals surface area contributed by atoms with Gasteiger partial charge in [0.2, 0.25) is 0 Å². The van der Waals surface area contributed by atoms with E-state index in [1.54, 1.807) is 6.92 Å². The van der Waals surface area contributed by atoms with Crippen molar-refractivity contribution in [2.24, 2.45) is 4.99 Å². The van der Waals surface area contributed by atoms with Gasteiger partial charge in [-0.25, -0.2) is 0 Å². The highest BCUT2D eigenvalue weighted by atomic mass is 32.2. The minimum absolute atomic E-state index is 0.178. The molecule has 0 fully saturated rings. The standard InChI is InChI=1S/C4H5N3OS2/c1-2-5-3(8-7-2)6-4(9)10/h1H3,(H2,5,6,7,9,10). The predicted molar refractivity (Wildman–Crippen MR) is 44.1 cm³/mol. The summed E-state index contributed by atoms with van der Waals surface area (Å²) < 4.78 is 4.92. The lowest BCUT2D eigenvalue weighted by atomic mass is 10.7. The molecule has 1 aromatic heterocycles. The van der Waals surface area contributed by atoms with E-state index in [0.29, 0.717) is 10.2 Å². The Morgan fingerprint density at radius 1 is 1.60 bits per heavy atom. The van der Waals surface area contributed by atoms with E-state index in [-0.39, 0.29) is 6.01 Å². The summed E-state index contributed by atoms with van der Waals surface area (Å²) in [6.45, 7) is 1.71. The third kappa shape index (κ3) is 2.03. The first-order valence-corrected chi connectivity index (χ1v) is 3.35. The number of aliphatic imine (C=N–C) groups is 1. The SMILES string of the molecule is Cc1noc(N=C(S)S)n1. The Labute approximate surface area is 68.6 Å². The molecule has 0 radical (unpaired) electrons. The molecule has 10 heavy (non-hydrogen) atoms. The molecule has 54 valence electrons. The van der Waals surface area contributed by atoms with Gasteiger partial charge < -0.3 is 4.52 Å². The molecular formula is C4H5N3OS2. The summed E-state index contributed by atoms with van der Waals surface area (Å²) in [6.07, 6.45) is 0. The summed E-state index contributed by atoms with van der Waals surface area (Å²) >= 11 is 7.61. The Kier molecular flexibility index (Phi) is 2.34. The molecule has 0 amide bonds. The van der Waals surface area contributed by atoms with Crippen molar-refractivity contribution in [1.82, 2.24) is 10.1 Å². The molecule has 0 saturated carbocycles. The normalized spacial score (nSPS) is 9.50. The van der Waals surface area contributed by atoms with Crippen LogP contribution < -0.4 is 0 Å². The monoisotopic (exact) mass is 175 g/mol. The maximum atomic E-state index is 4.63. The van der Waals surface area contributed by atoms with Crippen LogP contribution in [0.25, 0.3) is 0 Å². The summed E-state index contributed by atoms with van der Waals surface area (Å²) in [7, 11) is 0. The van der Waals surface area contributed by atoms with Crippen molar-refractivity contribution >= 4 is 35.6 Å². The Morgan fingerprint density at radius 2 is 2.30 bits per heavy atom. The van der Waals surface area contributed by atoms with Crippen LogP contribution in [0.2, 0.25) is 0 Å². The zero-order valence-corrected chi connectivity index (χ0v) is 6.93. The first-order valence-electron chi connectivity index (χ1n) is 2.45. The van der Waals surface area contributed by atoms with Gasteiger partial charge in [0.15, 0.2) is 5.82 Å². The van der Waals surface area contributed by atoms with Crippen molar-refractivity contribution in [1.29, 1.82) is 0 Å². The largest absolute Gasteiger partial charge is 0.349 e. The first kappa shape index (κ1) is 7.62. The fraction of sp³-hybridized carbons (Fsp3) is 0.250. The van der Waals surface area contributed by atoms with Gasteiger partial charge in [0.05, 0.1) is 0 Å². The van der Waals surface area contributed by atoms with Crippen LogP contribution in [0.1, 0.15) is 5.82 Å². The number of aromatic nitrogens is 2. The van der Waals surface area contributed by atoms with Gasteiger partial charge in [-0.15, -0.1) is 25.3 Å². The molecule has 6 heteroatoms. The van der Waals surface area contributed by atoms with Gasteiger partial charge in [0, 0.05) is 0 Å². The van der Waals surface area contributed by atoms with Crippen LogP contribution in [0.4, 0.5) is 6.01 Å². The van der Waals surface area contributed by atoms with Crippen LogP contribution in [-0.2, 0) is 0 Å². The van der Waals surface area contributed by atoms with E-state index in [0.717, 1.165) is 0 Å². The third-order valence-electron chi connectivity index (χ3n) is 0.712. The van der Waals surface area contributed by atoms with Gasteiger partial charge in [0.25, 0.3) is 0 Å². The number of thiol groups is 2. The molecule has 1 aromatic rings. The summed E-state index contributed by atoms with van der Waals surface area (Å²) in [5.41, 5.74) is 0. The lowest BCUT2D eigenvalue weighted by Gasteiger charge is -1.79. The summed E-state index contributed by atoms with van der Waals surface area (Å²) in [4.78, 5) is 7.47. The smallest absolute Gasteiger partial charge is 0.313 e. The quantitative estimate of drug-likeness (QED) is 0.383. The summed E-state index contributed by atoms with van der Waals surface area (Å²) in [5, 5.41) is 3.51. The highest BCUT2D eigenvalue weighted by molar-refractivity contribution is 8.23. The summed E-state index contributed by atoms with van der Waals surface area (Å²) in [6, 6.07) is 0.178. The van der Waals surface area contributed by atoms with Gasteiger partial charge >= 0.3 is 6.01 Å². The van der Waals surface area contributed by atoms with E-state index in [2.05, 4.69) is 44.9 Å². The van der Waals surface area contributed by atoms with Gasteiger partial charge in [-0.05, 0) is 6.92 Å². The van der Waals surface area contributed by atoms with Crippen LogP contribution in [0.5, 0.6) is 0 Å². The van der Waals surface area contributed by atoms with Crippen LogP contribution >= 0.6 is 25.3 Å². The minimum atomic E-state index is 0.178. The van der Waals surface area contributed by atoms with Crippen molar-refractivity contribution in [3.8, 4) is 0 Å². The number of rotatable bonds is 1. The van der Waals surface area contributed by atoms with Gasteiger partial charge in [0.1, 0.15) is 4.38 Å². The molecule has 1 rings (SSSR count). The number of hydrogen-bond acceptors (Lipinski definition) is 4. The van der Waals surface area contributed by atoms with Crippen molar-refractivity contribution in [3.63, 3.8) is 0 Å². The molecule has 0 aromatic carbocycles. The topological polar surface area (TPSA) is 51.3 Å². The molecule has 0 aliphatic heterocycles. The van der Waals surface area contributed by atoms with Crippen molar-refractivity contribution in [3.05, 3.63) is 5.82 Å². The Morgan fingerprint density at radius 3 is 2.70 bits per heavy atom. The number of nitrogens with zero attached hydrogens (tertiary/aromatic N) is 3. The molecule has 0 aliphatic rings. The fourth-order valence-electron chi connectivity index (χ4n) is 0.417. The molecule has 0 aliphatic carbocycles. The molecule has 0 spiro atoms. The molecule has 0 unspecified atom stereocenters. The van der Waals surface area contributed by atoms with Crippen molar-refractivity contribution in [2.75, 3.05) is 0 Å². The van der Waals surface area contributed by atoms with Crippen LogP contribution in [-0.4, -0.2) is 14.5 Å². The maximum Gasteiger partial charge on any atom is 0.349 e. The van der Waals surface area contributed by atoms with E-state index < -0.39 is 0 Å². The first-order chi connectivity index (χ1) is 4.68. The molecular weight excluding hydrogens is 170 g/mol. The highest BCUT2D eigenvalue weighted by Crippen LogP contribution is 2.08. The van der Waals surface area contributed by atoms with Gasteiger partial charge in [-0.3, -0.25) is 0 Å². The van der Waals surface area contributed by atoms with Gasteiger partial charge in [-0.1, -0.05) is 5.16 Å². The average molecular weight is 175 g/mol. The number of aryl methyl sites for hydroxylation is 1. The molecule has 0 N–H and O–H groups in total. The van der Waals surface area contributed by atoms with E-state index in [4.69, 9.17) is 0 Å². The Bertz CT molecular complexity index is 253. The molecule has 0 bridgehead atoms. The second-order valence-electron chi connectivity index (χ2n) is 1.54. The van der Waals surface area contributed by atoms with E-state index in [9.17, 15) is 0 Å². The second kappa shape index (κ2) is 3.07. The minimum Gasteiger partial charge on any atom is -0.313 e. The van der Waals surface area contributed by atoms with E-state index in [1.165, 1.54) is 0 Å². The van der Waals surface area contributed by atoms with E-state index in [1.807, 2.05) is 0 Å². The zero-order chi connectivity index (χ0) is 7.56. The summed E-state index contributed by atoms with van der Waals surface area (Å²) in [5.74, 6) is 0.543. The highest BCUT2D eigenvalue weighted by Gasteiger charge is 1.97. The second-order valence-corrected chi connectivity index (χ2v) is 2.74. The van der Waals surface area contributed by atoms with Crippen molar-refractivity contribution < 1.29 is 4.52 Å². The maximum absolute atomic E-state index is 4.63. The molecule has 4 nitrogen and oxygen atoms in total. The molecule has 0 atom stereocenters. The lowest BCUT2D eigenvalue weighted by Crippen LogP contribution is -1.71. The van der Waals surface area contributed by atoms with E-state index >= 15 is 0 Å². The molecule has 0 saturated heterocycles. The van der Waals surface area contributed by atoms with Crippen LogP contribution in [0.15, 0.2) is 9.52 Å². The Balaban J connectivity index is 2.86. The van der Waals surface area contributed by atoms with Crippen molar-refractivity contribution in [2.45, 2.75) is 6.92 Å². The third-order valence-corrected chi connectivity index (χ3v) is 0.912. The van der Waals surface area contributed by atoms with Gasteiger partial charge in [-0.2, -0.15) is 9.98 Å². The number of hydrogen-bond donors (Lipinski definition) is 2. The fourth-order valence-corrected chi connectivity index (χ4v) is 0.588. The van der Waals surface area contributed by atoms with Crippen LogP contribution in [0.3, 0.4) is 0 Å². The Hall–Kier alpha value is -0.490. The predicted octanol–water partition coefficient (Wildman–Crippen LogP) is 1.23.